The van der Waals surface area contributed by atoms with E-state index in [0.29, 0.717) is 11.6 Å². The molecule has 1 heterocycles. The number of ether oxygens (including phenoxy) is 1. The fourth-order valence-electron chi connectivity index (χ4n) is 1.84. The number of alkyl carbamates (subject to hydrolysis) is 1. The average Bonchev–Trinajstić information content (AvgIpc) is 2.93. The van der Waals surface area contributed by atoms with Crippen molar-refractivity contribution in [3.63, 3.8) is 0 Å². The van der Waals surface area contributed by atoms with Crippen LogP contribution in [0.5, 0.6) is 0 Å². The third kappa shape index (κ3) is 7.43. The van der Waals surface area contributed by atoms with E-state index in [1.165, 1.54) is 11.3 Å². The van der Waals surface area contributed by atoms with Crippen LogP contribution in [0.15, 0.2) is 11.6 Å². The van der Waals surface area contributed by atoms with E-state index >= 15 is 0 Å². The van der Waals surface area contributed by atoms with Gasteiger partial charge in [-0.3, -0.25) is 10.1 Å². The van der Waals surface area contributed by atoms with Crippen molar-refractivity contribution in [3.8, 4) is 0 Å². The number of carbonyl (C=O) groups is 2. The van der Waals surface area contributed by atoms with Gasteiger partial charge in [-0.05, 0) is 27.2 Å². The highest BCUT2D eigenvalue weighted by molar-refractivity contribution is 7.13. The first-order valence-electron chi connectivity index (χ1n) is 7.61. The zero-order valence-electron chi connectivity index (χ0n) is 14.0. The van der Waals surface area contributed by atoms with Gasteiger partial charge in [-0.25, -0.2) is 9.78 Å². The van der Waals surface area contributed by atoms with Crippen LogP contribution in [-0.2, 0) is 9.53 Å². The van der Waals surface area contributed by atoms with Crippen molar-refractivity contribution < 1.29 is 19.4 Å². The lowest BCUT2D eigenvalue weighted by Gasteiger charge is -2.26. The van der Waals surface area contributed by atoms with Crippen molar-refractivity contribution in [1.29, 1.82) is 0 Å². The number of nitrogens with zero attached hydrogens (tertiary/aromatic N) is 1. The molecule has 2 atom stereocenters. The highest BCUT2D eigenvalue weighted by atomic mass is 32.1. The predicted octanol–water partition coefficient (Wildman–Crippen LogP) is 2.53. The Morgan fingerprint density at radius 2 is 2.13 bits per heavy atom. The Kier molecular flexibility index (Phi) is 7.44. The van der Waals surface area contributed by atoms with Gasteiger partial charge in [0.1, 0.15) is 5.60 Å². The maximum atomic E-state index is 12.1. The largest absolute Gasteiger partial charge is 0.444 e. The van der Waals surface area contributed by atoms with Crippen LogP contribution in [0, 0.1) is 0 Å². The number of rotatable bonds is 7. The Bertz CT molecular complexity index is 499. The van der Waals surface area contributed by atoms with E-state index in [2.05, 4.69) is 15.6 Å². The standard InChI is InChI=1S/C15H25N3O4S/c1-5-6-7-10(17-14(21)22-15(2,3)4)11(19)12(20)18-13-16-8-9-23-13/h8-11,19H,5-7H2,1-4H3,(H,17,21)(H,16,18,20)/t10-,11+/m0/s1. The van der Waals surface area contributed by atoms with Gasteiger partial charge in [-0.2, -0.15) is 0 Å². The molecule has 3 N–H and O–H groups in total. The number of thiazole rings is 1. The molecule has 0 unspecified atom stereocenters. The molecule has 1 rings (SSSR count). The fourth-order valence-corrected chi connectivity index (χ4v) is 2.37. The first-order chi connectivity index (χ1) is 10.7. The number of carbonyl (C=O) groups excluding carboxylic acids is 2. The van der Waals surface area contributed by atoms with Crippen LogP contribution < -0.4 is 10.6 Å². The zero-order chi connectivity index (χ0) is 17.5. The van der Waals surface area contributed by atoms with Crippen molar-refractivity contribution in [1.82, 2.24) is 10.3 Å². The first-order valence-corrected chi connectivity index (χ1v) is 8.49. The Morgan fingerprint density at radius 3 is 2.65 bits per heavy atom. The van der Waals surface area contributed by atoms with E-state index in [-0.39, 0.29) is 0 Å². The number of aromatic nitrogens is 1. The zero-order valence-corrected chi connectivity index (χ0v) is 14.8. The molecule has 8 heteroatoms. The molecule has 0 aliphatic carbocycles. The van der Waals surface area contributed by atoms with Crippen molar-refractivity contribution in [2.75, 3.05) is 5.32 Å². The fraction of sp³-hybridized carbons (Fsp3) is 0.667. The van der Waals surface area contributed by atoms with Gasteiger partial charge in [0.05, 0.1) is 6.04 Å². The Balaban J connectivity index is 2.67. The van der Waals surface area contributed by atoms with Gasteiger partial charge in [0.25, 0.3) is 5.91 Å². The minimum Gasteiger partial charge on any atom is -0.444 e. The third-order valence-electron chi connectivity index (χ3n) is 2.88. The second kappa shape index (κ2) is 8.83. The van der Waals surface area contributed by atoms with Crippen LogP contribution in [0.3, 0.4) is 0 Å². The number of aliphatic hydroxyl groups is 1. The van der Waals surface area contributed by atoms with Crippen LogP contribution in [0.25, 0.3) is 0 Å². The van der Waals surface area contributed by atoms with Gasteiger partial charge < -0.3 is 15.2 Å². The highest BCUT2D eigenvalue weighted by Gasteiger charge is 2.29. The summed E-state index contributed by atoms with van der Waals surface area (Å²) in [6.45, 7) is 7.24. The molecule has 0 saturated carbocycles. The summed E-state index contributed by atoms with van der Waals surface area (Å²) in [5.74, 6) is -0.600. The quantitative estimate of drug-likeness (QED) is 0.706. The molecule has 1 aromatic rings. The molecule has 0 radical (unpaired) electrons. The second-order valence-corrected chi connectivity index (χ2v) is 7.06. The summed E-state index contributed by atoms with van der Waals surface area (Å²) >= 11 is 1.25. The summed E-state index contributed by atoms with van der Waals surface area (Å²) < 4.78 is 5.18. The van der Waals surface area contributed by atoms with Gasteiger partial charge in [-0.1, -0.05) is 19.8 Å². The van der Waals surface area contributed by atoms with E-state index in [0.717, 1.165) is 12.8 Å². The van der Waals surface area contributed by atoms with Crippen LogP contribution in [0.1, 0.15) is 47.0 Å². The summed E-state index contributed by atoms with van der Waals surface area (Å²) in [4.78, 5) is 27.9. The number of aliphatic hydroxyl groups excluding tert-OH is 1. The van der Waals surface area contributed by atoms with Crippen LogP contribution >= 0.6 is 11.3 Å². The topological polar surface area (TPSA) is 101 Å². The van der Waals surface area contributed by atoms with Gasteiger partial charge >= 0.3 is 6.09 Å². The van der Waals surface area contributed by atoms with E-state index in [1.54, 1.807) is 32.3 Å². The van der Waals surface area contributed by atoms with Crippen molar-refractivity contribution in [2.24, 2.45) is 0 Å². The summed E-state index contributed by atoms with van der Waals surface area (Å²) in [7, 11) is 0. The smallest absolute Gasteiger partial charge is 0.407 e. The van der Waals surface area contributed by atoms with Crippen LogP contribution in [0.4, 0.5) is 9.93 Å². The molecule has 0 fully saturated rings. The van der Waals surface area contributed by atoms with E-state index in [1.807, 2.05) is 6.92 Å². The van der Waals surface area contributed by atoms with Gasteiger partial charge in [0.2, 0.25) is 0 Å². The predicted molar refractivity (Wildman–Crippen MR) is 89.4 cm³/mol. The minimum absolute atomic E-state index is 0.403. The van der Waals surface area contributed by atoms with Crippen molar-refractivity contribution in [3.05, 3.63) is 11.6 Å². The second-order valence-electron chi connectivity index (χ2n) is 6.17. The van der Waals surface area contributed by atoms with Gasteiger partial charge in [0, 0.05) is 11.6 Å². The molecule has 0 spiro atoms. The molecule has 1 aromatic heterocycles. The third-order valence-corrected chi connectivity index (χ3v) is 3.57. The molecule has 0 aliphatic rings. The lowest BCUT2D eigenvalue weighted by Crippen LogP contribution is -2.49. The SMILES string of the molecule is CCCC[C@H](NC(=O)OC(C)(C)C)[C@@H](O)C(=O)Nc1nccs1. The molecular weight excluding hydrogens is 318 g/mol. The van der Waals surface area contributed by atoms with E-state index in [9.17, 15) is 14.7 Å². The molecular formula is C15H25N3O4S. The van der Waals surface area contributed by atoms with E-state index in [4.69, 9.17) is 4.74 Å². The molecule has 23 heavy (non-hydrogen) atoms. The maximum absolute atomic E-state index is 12.1. The molecule has 130 valence electrons. The molecule has 0 aromatic carbocycles. The molecule has 0 aliphatic heterocycles. The Labute approximate surface area is 140 Å². The summed E-state index contributed by atoms with van der Waals surface area (Å²) in [6.07, 6.45) is 1.65. The molecule has 0 saturated heterocycles. The van der Waals surface area contributed by atoms with Gasteiger partial charge in [-0.15, -0.1) is 11.3 Å². The summed E-state index contributed by atoms with van der Waals surface area (Å²) in [5, 5.41) is 17.5. The average molecular weight is 343 g/mol. The minimum atomic E-state index is -1.38. The number of unbranched alkanes of at least 4 members (excludes halogenated alkanes) is 1. The summed E-state index contributed by atoms with van der Waals surface area (Å²) in [6, 6.07) is -0.718. The highest BCUT2D eigenvalue weighted by Crippen LogP contribution is 2.14. The molecule has 7 nitrogen and oxygen atoms in total. The van der Waals surface area contributed by atoms with Crippen LogP contribution in [0.2, 0.25) is 0 Å². The first kappa shape index (κ1) is 19.4. The number of nitrogens with one attached hydrogen (secondary N) is 2. The van der Waals surface area contributed by atoms with Gasteiger partial charge in [0.15, 0.2) is 11.2 Å². The number of anilines is 1. The molecule has 2 amide bonds. The van der Waals surface area contributed by atoms with Crippen molar-refractivity contribution >= 4 is 28.5 Å². The number of hydrogen-bond acceptors (Lipinski definition) is 6. The summed E-state index contributed by atoms with van der Waals surface area (Å²) in [5.41, 5.74) is -0.645. The Morgan fingerprint density at radius 1 is 1.43 bits per heavy atom. The van der Waals surface area contributed by atoms with Crippen LogP contribution in [-0.4, -0.2) is 39.8 Å². The monoisotopic (exact) mass is 343 g/mol. The number of amides is 2. The Hall–Kier alpha value is -1.67. The lowest BCUT2D eigenvalue weighted by atomic mass is 10.0. The molecule has 0 bridgehead atoms. The number of hydrogen-bond donors (Lipinski definition) is 3. The maximum Gasteiger partial charge on any atom is 0.407 e. The van der Waals surface area contributed by atoms with E-state index < -0.39 is 29.7 Å². The normalized spacial score (nSPS) is 14.0. The lowest BCUT2D eigenvalue weighted by molar-refractivity contribution is -0.125. The van der Waals surface area contributed by atoms with Crippen molar-refractivity contribution in [2.45, 2.75) is 64.7 Å².